The van der Waals surface area contributed by atoms with Crippen molar-refractivity contribution in [2.24, 2.45) is 0 Å². The molecule has 1 saturated heterocycles. The summed E-state index contributed by atoms with van der Waals surface area (Å²) < 4.78 is 11.0. The number of hydrogen-bond donors (Lipinski definition) is 3. The van der Waals surface area contributed by atoms with E-state index in [0.717, 1.165) is 6.54 Å². The smallest absolute Gasteiger partial charge is 0.275 e. The molecule has 0 saturated carbocycles. The van der Waals surface area contributed by atoms with Crippen molar-refractivity contribution >= 4 is 11.6 Å². The predicted octanol–water partition coefficient (Wildman–Crippen LogP) is 1.26. The molecule has 1 aromatic rings. The molecule has 1 heterocycles. The Kier molecular flexibility index (Phi) is 7.76. The van der Waals surface area contributed by atoms with E-state index in [2.05, 4.69) is 10.6 Å². The number of nitrogens with zero attached hydrogens (tertiary/aromatic N) is 1. The van der Waals surface area contributed by atoms with Gasteiger partial charge in [-0.25, -0.2) is 0 Å². The van der Waals surface area contributed by atoms with Crippen LogP contribution in [0.15, 0.2) is 18.2 Å². The van der Waals surface area contributed by atoms with Crippen LogP contribution in [-0.4, -0.2) is 48.5 Å². The number of ether oxygens (including phenoxy) is 2. The molecule has 2 unspecified atom stereocenters. The number of carbonyl (C=O) groups excluding carboxylic acids is 1. The second kappa shape index (κ2) is 10.0. The van der Waals surface area contributed by atoms with Crippen LogP contribution >= 0.6 is 0 Å². The van der Waals surface area contributed by atoms with Crippen LogP contribution in [0.1, 0.15) is 37.9 Å². The van der Waals surface area contributed by atoms with Crippen LogP contribution in [0.25, 0.3) is 0 Å². The van der Waals surface area contributed by atoms with E-state index < -0.39 is 11.0 Å². The number of nitro groups is 1. The van der Waals surface area contributed by atoms with Gasteiger partial charge in [-0.2, -0.15) is 0 Å². The van der Waals surface area contributed by atoms with Crippen molar-refractivity contribution in [1.82, 2.24) is 10.6 Å². The molecule has 0 aromatic heterocycles. The molecule has 0 bridgehead atoms. The zero-order valence-electron chi connectivity index (χ0n) is 14.8. The first-order valence-corrected chi connectivity index (χ1v) is 8.68. The van der Waals surface area contributed by atoms with Gasteiger partial charge in [-0.1, -0.05) is 0 Å². The number of nitro benzene ring substituents is 1. The SMILES string of the molecule is CC(O)c1cc(OCCCCC(=O)NC2CNCCO2)ccc1[N+](=O)[O-]. The highest BCUT2D eigenvalue weighted by Crippen LogP contribution is 2.29. The molecule has 0 radical (unpaired) electrons. The Hall–Kier alpha value is -2.23. The van der Waals surface area contributed by atoms with Crippen LogP contribution in [0.2, 0.25) is 0 Å². The lowest BCUT2D eigenvalue weighted by molar-refractivity contribution is -0.386. The molecule has 1 aliphatic heterocycles. The van der Waals surface area contributed by atoms with E-state index in [9.17, 15) is 20.0 Å². The molecule has 1 aliphatic rings. The maximum Gasteiger partial charge on any atom is 0.275 e. The molecule has 9 nitrogen and oxygen atoms in total. The minimum absolute atomic E-state index is 0.0644. The zero-order chi connectivity index (χ0) is 18.9. The number of morpholine rings is 1. The molecule has 1 aromatic carbocycles. The molecule has 3 N–H and O–H groups in total. The lowest BCUT2D eigenvalue weighted by Crippen LogP contribution is -2.48. The first-order valence-electron chi connectivity index (χ1n) is 8.68. The van der Waals surface area contributed by atoms with E-state index in [0.29, 0.717) is 44.8 Å². The van der Waals surface area contributed by atoms with Crippen LogP contribution < -0.4 is 15.4 Å². The van der Waals surface area contributed by atoms with Gasteiger partial charge in [0.05, 0.1) is 29.8 Å². The minimum atomic E-state index is -0.959. The van der Waals surface area contributed by atoms with E-state index in [1.165, 1.54) is 25.1 Å². The number of aliphatic hydroxyl groups excluding tert-OH is 1. The van der Waals surface area contributed by atoms with E-state index in [4.69, 9.17) is 9.47 Å². The molecule has 0 aliphatic carbocycles. The minimum Gasteiger partial charge on any atom is -0.494 e. The fourth-order valence-corrected chi connectivity index (χ4v) is 2.61. The summed E-state index contributed by atoms with van der Waals surface area (Å²) in [6.07, 6.45) is 0.466. The number of amides is 1. The molecule has 1 fully saturated rings. The van der Waals surface area contributed by atoms with E-state index in [1.54, 1.807) is 0 Å². The van der Waals surface area contributed by atoms with Crippen molar-refractivity contribution < 1.29 is 24.3 Å². The molecule has 0 spiro atoms. The monoisotopic (exact) mass is 367 g/mol. The number of rotatable bonds is 9. The van der Waals surface area contributed by atoms with Crippen LogP contribution in [0.5, 0.6) is 5.75 Å². The van der Waals surface area contributed by atoms with E-state index >= 15 is 0 Å². The number of unbranched alkanes of at least 4 members (excludes halogenated alkanes) is 1. The molecule has 9 heteroatoms. The number of benzene rings is 1. The van der Waals surface area contributed by atoms with Gasteiger partial charge in [0.25, 0.3) is 5.69 Å². The second-order valence-electron chi connectivity index (χ2n) is 6.09. The number of aliphatic hydroxyl groups is 1. The van der Waals surface area contributed by atoms with Crippen LogP contribution in [-0.2, 0) is 9.53 Å². The normalized spacial score (nSPS) is 18.2. The van der Waals surface area contributed by atoms with Gasteiger partial charge >= 0.3 is 0 Å². The average Bonchev–Trinajstić information content (AvgIpc) is 2.62. The first-order chi connectivity index (χ1) is 12.5. The number of hydrogen-bond acceptors (Lipinski definition) is 7. The maximum atomic E-state index is 11.8. The quantitative estimate of drug-likeness (QED) is 0.341. The van der Waals surface area contributed by atoms with Gasteiger partial charge in [0.1, 0.15) is 12.0 Å². The van der Waals surface area contributed by atoms with Gasteiger partial charge in [0.2, 0.25) is 5.91 Å². The highest BCUT2D eigenvalue weighted by Gasteiger charge is 2.18. The van der Waals surface area contributed by atoms with Crippen molar-refractivity contribution in [3.63, 3.8) is 0 Å². The van der Waals surface area contributed by atoms with Gasteiger partial charge in [-0.15, -0.1) is 0 Å². The Labute approximate surface area is 151 Å². The Morgan fingerprint density at radius 2 is 2.35 bits per heavy atom. The summed E-state index contributed by atoms with van der Waals surface area (Å²) in [5.74, 6) is 0.392. The topological polar surface area (TPSA) is 123 Å². The first kappa shape index (κ1) is 20.1. The van der Waals surface area contributed by atoms with Crippen molar-refractivity contribution in [2.75, 3.05) is 26.3 Å². The van der Waals surface area contributed by atoms with Crippen molar-refractivity contribution in [3.8, 4) is 5.75 Å². The molecule has 2 atom stereocenters. The highest BCUT2D eigenvalue weighted by atomic mass is 16.6. The molecule has 26 heavy (non-hydrogen) atoms. The molecule has 1 amide bonds. The molecule has 144 valence electrons. The average molecular weight is 367 g/mol. The third kappa shape index (κ3) is 6.25. The van der Waals surface area contributed by atoms with Gasteiger partial charge in [0, 0.05) is 25.6 Å². The summed E-state index contributed by atoms with van der Waals surface area (Å²) in [6.45, 7) is 3.84. The summed E-state index contributed by atoms with van der Waals surface area (Å²) in [4.78, 5) is 22.2. The summed E-state index contributed by atoms with van der Waals surface area (Å²) in [5.41, 5.74) is 0.0800. The molecular weight excluding hydrogens is 342 g/mol. The Morgan fingerprint density at radius 3 is 3.00 bits per heavy atom. The Morgan fingerprint density at radius 1 is 1.54 bits per heavy atom. The maximum absolute atomic E-state index is 11.8. The number of carbonyl (C=O) groups is 1. The van der Waals surface area contributed by atoms with Crippen LogP contribution in [0.4, 0.5) is 5.69 Å². The van der Waals surface area contributed by atoms with Crippen molar-refractivity contribution in [1.29, 1.82) is 0 Å². The van der Waals surface area contributed by atoms with E-state index in [1.807, 2.05) is 0 Å². The lowest BCUT2D eigenvalue weighted by atomic mass is 10.1. The fourth-order valence-electron chi connectivity index (χ4n) is 2.61. The Bertz CT molecular complexity index is 617. The lowest BCUT2D eigenvalue weighted by Gasteiger charge is -2.24. The summed E-state index contributed by atoms with van der Waals surface area (Å²) in [5, 5.41) is 26.6. The second-order valence-corrected chi connectivity index (χ2v) is 6.09. The highest BCUT2D eigenvalue weighted by molar-refractivity contribution is 5.76. The molecule has 2 rings (SSSR count). The number of nitrogens with one attached hydrogen (secondary N) is 2. The summed E-state index contributed by atoms with van der Waals surface area (Å²) in [7, 11) is 0. The van der Waals surface area contributed by atoms with Crippen molar-refractivity contribution in [2.45, 2.75) is 38.5 Å². The summed E-state index contributed by atoms with van der Waals surface area (Å²) >= 11 is 0. The zero-order valence-corrected chi connectivity index (χ0v) is 14.8. The fraction of sp³-hybridized carbons (Fsp3) is 0.588. The Balaban J connectivity index is 1.70. The third-order valence-electron chi connectivity index (χ3n) is 3.96. The van der Waals surface area contributed by atoms with Crippen LogP contribution in [0.3, 0.4) is 0 Å². The third-order valence-corrected chi connectivity index (χ3v) is 3.96. The summed E-state index contributed by atoms with van der Waals surface area (Å²) in [6, 6.07) is 4.30. The largest absolute Gasteiger partial charge is 0.494 e. The predicted molar refractivity (Wildman–Crippen MR) is 93.8 cm³/mol. The van der Waals surface area contributed by atoms with Gasteiger partial charge in [-0.05, 0) is 31.9 Å². The standard InChI is InChI=1S/C17H25N3O6/c1-12(21)14-10-13(5-6-15(14)20(23)24)25-8-3-2-4-16(22)19-17-11-18-7-9-26-17/h5-6,10,12,17-18,21H,2-4,7-9,11H2,1H3,(H,19,22). The van der Waals surface area contributed by atoms with Gasteiger partial charge in [-0.3, -0.25) is 14.9 Å². The van der Waals surface area contributed by atoms with Gasteiger partial charge < -0.3 is 25.2 Å². The molecular formula is C17H25N3O6. The van der Waals surface area contributed by atoms with Crippen LogP contribution in [0, 0.1) is 10.1 Å². The van der Waals surface area contributed by atoms with Crippen molar-refractivity contribution in [3.05, 3.63) is 33.9 Å². The van der Waals surface area contributed by atoms with E-state index in [-0.39, 0.29) is 23.4 Å². The van der Waals surface area contributed by atoms with Gasteiger partial charge in [0.15, 0.2) is 0 Å².